The molecule has 2 N–H and O–H groups in total. The average Bonchev–Trinajstić information content (AvgIpc) is 3.48. The number of H-pyrrole nitrogens is 1. The van der Waals surface area contributed by atoms with Gasteiger partial charge in [-0.3, -0.25) is 5.32 Å². The SMILES string of the molecule is CCn1nnc(NC(=O)N2C[C@H]3CC(N(C)c4ncnc5[nH]ccc45)C[C@H]3C2)n1. The first kappa shape index (κ1) is 17.8. The molecule has 152 valence electrons. The van der Waals surface area contributed by atoms with Crippen LogP contribution in [-0.4, -0.2) is 72.3 Å². The molecule has 29 heavy (non-hydrogen) atoms. The van der Waals surface area contributed by atoms with E-state index in [1.807, 2.05) is 24.1 Å². The number of fused-ring (bicyclic) bond motifs is 2. The topological polar surface area (TPSA) is 121 Å². The van der Waals surface area contributed by atoms with E-state index in [-0.39, 0.29) is 12.0 Å². The third-order valence-electron chi connectivity index (χ3n) is 6.18. The first-order chi connectivity index (χ1) is 14.1. The third-order valence-corrected chi connectivity index (χ3v) is 6.18. The van der Waals surface area contributed by atoms with Crippen LogP contribution in [0.15, 0.2) is 18.6 Å². The molecule has 1 unspecified atom stereocenters. The van der Waals surface area contributed by atoms with E-state index < -0.39 is 0 Å². The quantitative estimate of drug-likeness (QED) is 0.683. The van der Waals surface area contributed by atoms with E-state index in [4.69, 9.17) is 0 Å². The smallest absolute Gasteiger partial charge is 0.324 e. The van der Waals surface area contributed by atoms with Crippen LogP contribution in [0.25, 0.3) is 11.0 Å². The molecule has 0 bridgehead atoms. The lowest BCUT2D eigenvalue weighted by molar-refractivity contribution is 0.218. The van der Waals surface area contributed by atoms with Crippen LogP contribution in [0.4, 0.5) is 16.6 Å². The van der Waals surface area contributed by atoms with Crippen LogP contribution < -0.4 is 10.2 Å². The fraction of sp³-hybridized carbons (Fsp3) is 0.556. The van der Waals surface area contributed by atoms with Crippen LogP contribution in [0.2, 0.25) is 0 Å². The zero-order valence-electron chi connectivity index (χ0n) is 16.5. The zero-order valence-corrected chi connectivity index (χ0v) is 16.5. The van der Waals surface area contributed by atoms with Crippen LogP contribution in [0, 0.1) is 11.8 Å². The summed E-state index contributed by atoms with van der Waals surface area (Å²) in [5, 5.41) is 15.6. The van der Waals surface area contributed by atoms with E-state index in [9.17, 15) is 4.79 Å². The Morgan fingerprint density at radius 2 is 2.10 bits per heavy atom. The summed E-state index contributed by atoms with van der Waals surface area (Å²) < 4.78 is 0. The minimum Gasteiger partial charge on any atom is -0.356 e. The largest absolute Gasteiger partial charge is 0.356 e. The highest BCUT2D eigenvalue weighted by Gasteiger charge is 2.44. The van der Waals surface area contributed by atoms with Gasteiger partial charge in [-0.15, -0.1) is 5.10 Å². The van der Waals surface area contributed by atoms with E-state index in [1.165, 1.54) is 4.80 Å². The Balaban J connectivity index is 1.21. The average molecular weight is 396 g/mol. The Bertz CT molecular complexity index is 1010. The third kappa shape index (κ3) is 3.15. The first-order valence-corrected chi connectivity index (χ1v) is 9.97. The maximum atomic E-state index is 12.6. The fourth-order valence-corrected chi connectivity index (χ4v) is 4.66. The van der Waals surface area contributed by atoms with Gasteiger partial charge in [0.1, 0.15) is 17.8 Å². The van der Waals surface area contributed by atoms with E-state index >= 15 is 0 Å². The molecule has 5 rings (SSSR count). The van der Waals surface area contributed by atoms with Gasteiger partial charge in [0.15, 0.2) is 0 Å². The number of amides is 2. The Labute approximate surface area is 167 Å². The van der Waals surface area contributed by atoms with Crippen LogP contribution in [0.5, 0.6) is 0 Å². The number of anilines is 2. The maximum absolute atomic E-state index is 12.6. The molecule has 11 nitrogen and oxygen atoms in total. The molecule has 0 radical (unpaired) electrons. The van der Waals surface area contributed by atoms with Gasteiger partial charge in [-0.05, 0) is 42.9 Å². The van der Waals surface area contributed by atoms with Crippen molar-refractivity contribution in [1.29, 1.82) is 0 Å². The molecule has 11 heteroatoms. The van der Waals surface area contributed by atoms with Gasteiger partial charge >= 0.3 is 6.03 Å². The molecule has 1 aliphatic carbocycles. The molecule has 4 heterocycles. The number of urea groups is 1. The number of carbonyl (C=O) groups excluding carboxylic acids is 1. The van der Waals surface area contributed by atoms with Crippen molar-refractivity contribution in [3.63, 3.8) is 0 Å². The summed E-state index contributed by atoms with van der Waals surface area (Å²) >= 11 is 0. The highest BCUT2D eigenvalue weighted by molar-refractivity contribution is 5.88. The standard InChI is InChI=1S/C18H24N10O/c1-3-28-24-17(23-25-28)22-18(29)27-8-11-6-13(7-12(11)9-27)26(2)16-14-4-5-19-15(14)20-10-21-16/h4-5,10-13H,3,6-9H2,1-2H3,(H,19,20,21)(H,22,24,29)/t11-,12+,13?. The Kier molecular flexibility index (Phi) is 4.29. The number of nitrogens with zero attached hydrogens (tertiary/aromatic N) is 8. The lowest BCUT2D eigenvalue weighted by atomic mass is 10.0. The van der Waals surface area contributed by atoms with Crippen LogP contribution in [0.3, 0.4) is 0 Å². The van der Waals surface area contributed by atoms with Crippen molar-refractivity contribution in [2.75, 3.05) is 30.4 Å². The number of hydrogen-bond donors (Lipinski definition) is 2. The van der Waals surface area contributed by atoms with Gasteiger partial charge in [0, 0.05) is 32.4 Å². The van der Waals surface area contributed by atoms with Crippen LogP contribution >= 0.6 is 0 Å². The number of rotatable bonds is 4. The summed E-state index contributed by atoms with van der Waals surface area (Å²) in [4.78, 5) is 30.1. The molecule has 0 aromatic carbocycles. The number of likely N-dealkylation sites (tertiary alicyclic amines) is 1. The minimum absolute atomic E-state index is 0.148. The number of nitrogens with one attached hydrogen (secondary N) is 2. The molecular weight excluding hydrogens is 372 g/mol. The Morgan fingerprint density at radius 3 is 2.83 bits per heavy atom. The summed E-state index contributed by atoms with van der Waals surface area (Å²) in [5.41, 5.74) is 0.858. The highest BCUT2D eigenvalue weighted by Crippen LogP contribution is 2.41. The van der Waals surface area contributed by atoms with Gasteiger partial charge in [-0.1, -0.05) is 5.10 Å². The molecule has 2 fully saturated rings. The van der Waals surface area contributed by atoms with E-state index in [0.717, 1.165) is 42.8 Å². The molecule has 3 aromatic rings. The summed E-state index contributed by atoms with van der Waals surface area (Å²) in [6.07, 6.45) is 5.59. The van der Waals surface area contributed by atoms with E-state index in [1.54, 1.807) is 6.33 Å². The van der Waals surface area contributed by atoms with Crippen LogP contribution in [-0.2, 0) is 6.54 Å². The first-order valence-electron chi connectivity index (χ1n) is 9.97. The zero-order chi connectivity index (χ0) is 20.0. The number of aromatic amines is 1. The molecule has 3 aromatic heterocycles. The van der Waals surface area contributed by atoms with E-state index in [0.29, 0.717) is 24.4 Å². The van der Waals surface area contributed by atoms with Gasteiger partial charge in [0.2, 0.25) is 0 Å². The predicted octanol–water partition coefficient (Wildman–Crippen LogP) is 1.34. The summed E-state index contributed by atoms with van der Waals surface area (Å²) in [6, 6.07) is 2.28. The lowest BCUT2D eigenvalue weighted by Gasteiger charge is -2.27. The molecule has 1 aliphatic heterocycles. The molecule has 1 saturated heterocycles. The Hall–Kier alpha value is -3.24. The Morgan fingerprint density at radius 1 is 1.31 bits per heavy atom. The number of hydrogen-bond acceptors (Lipinski definition) is 7. The van der Waals surface area contributed by atoms with Crippen molar-refractivity contribution in [3.8, 4) is 0 Å². The second-order valence-corrected chi connectivity index (χ2v) is 7.83. The van der Waals surface area contributed by atoms with Gasteiger partial charge in [0.05, 0.1) is 11.9 Å². The van der Waals surface area contributed by atoms with Crippen molar-refractivity contribution in [2.45, 2.75) is 32.4 Å². The summed E-state index contributed by atoms with van der Waals surface area (Å²) in [7, 11) is 2.10. The van der Waals surface area contributed by atoms with Crippen molar-refractivity contribution in [2.24, 2.45) is 11.8 Å². The molecular formula is C18H24N10O. The predicted molar refractivity (Wildman–Crippen MR) is 106 cm³/mol. The molecule has 2 amide bonds. The normalized spacial score (nSPS) is 23.5. The lowest BCUT2D eigenvalue weighted by Crippen LogP contribution is -2.36. The van der Waals surface area contributed by atoms with Gasteiger partial charge in [-0.2, -0.15) is 4.80 Å². The molecule has 3 atom stereocenters. The second kappa shape index (κ2) is 6.98. The summed E-state index contributed by atoms with van der Waals surface area (Å²) in [5.74, 6) is 2.21. The minimum atomic E-state index is -0.148. The number of aryl methyl sites for hydroxylation is 1. The van der Waals surface area contributed by atoms with E-state index in [2.05, 4.69) is 47.6 Å². The maximum Gasteiger partial charge on any atom is 0.324 e. The molecule has 1 saturated carbocycles. The van der Waals surface area contributed by atoms with Gasteiger partial charge in [0.25, 0.3) is 5.95 Å². The fourth-order valence-electron chi connectivity index (χ4n) is 4.66. The number of aromatic nitrogens is 7. The monoisotopic (exact) mass is 396 g/mol. The van der Waals surface area contributed by atoms with Crippen molar-refractivity contribution in [1.82, 2.24) is 40.1 Å². The van der Waals surface area contributed by atoms with Gasteiger partial charge < -0.3 is 14.8 Å². The molecule has 0 spiro atoms. The molecule has 2 aliphatic rings. The second-order valence-electron chi connectivity index (χ2n) is 7.83. The van der Waals surface area contributed by atoms with Gasteiger partial charge in [-0.25, -0.2) is 14.8 Å². The number of carbonyl (C=O) groups is 1. The summed E-state index contributed by atoms with van der Waals surface area (Å²) in [6.45, 7) is 4.05. The number of tetrazole rings is 1. The van der Waals surface area contributed by atoms with Crippen molar-refractivity contribution < 1.29 is 4.79 Å². The van der Waals surface area contributed by atoms with Crippen LogP contribution in [0.1, 0.15) is 19.8 Å². The van der Waals surface area contributed by atoms with Crippen molar-refractivity contribution >= 4 is 28.8 Å². The highest BCUT2D eigenvalue weighted by atomic mass is 16.2. The van der Waals surface area contributed by atoms with Crippen molar-refractivity contribution in [3.05, 3.63) is 18.6 Å².